The molecule has 0 fully saturated rings. The van der Waals surface area contributed by atoms with Crippen molar-refractivity contribution in [3.63, 3.8) is 0 Å². The number of hydrogen-bond donors (Lipinski definition) is 0. The number of benzene rings is 1. The van der Waals surface area contributed by atoms with Crippen LogP contribution in [0.25, 0.3) is 0 Å². The van der Waals surface area contributed by atoms with E-state index in [-0.39, 0.29) is 11.8 Å². The van der Waals surface area contributed by atoms with Crippen LogP contribution in [0.4, 0.5) is 0 Å². The van der Waals surface area contributed by atoms with Gasteiger partial charge in [-0.15, -0.1) is 0 Å². The molecule has 0 aromatic heterocycles. The van der Waals surface area contributed by atoms with Crippen LogP contribution in [0.1, 0.15) is 71.4 Å². The highest BCUT2D eigenvalue weighted by Gasteiger charge is 2.39. The Morgan fingerprint density at radius 2 is 1.78 bits per heavy atom. The molecule has 0 saturated carbocycles. The maximum atomic E-state index is 6.72. The summed E-state index contributed by atoms with van der Waals surface area (Å²) in [7, 11) is -0.269. The summed E-state index contributed by atoms with van der Waals surface area (Å²) in [6.07, 6.45) is 4.47. The predicted octanol–water partition coefficient (Wildman–Crippen LogP) is 7.21. The number of ether oxygens (including phenoxy) is 2. The summed E-state index contributed by atoms with van der Waals surface area (Å²) in [5, 5.41) is 0.161. The smallest absolute Gasteiger partial charge is 0.250 e. The van der Waals surface area contributed by atoms with Crippen molar-refractivity contribution < 1.29 is 13.9 Å². The molecule has 154 valence electrons. The second-order valence-electron chi connectivity index (χ2n) is 9.33. The Morgan fingerprint density at radius 1 is 1.15 bits per heavy atom. The first-order valence-electron chi connectivity index (χ1n) is 9.97. The summed E-state index contributed by atoms with van der Waals surface area (Å²) in [6.45, 7) is 20.3. The Balaban J connectivity index is 3.26. The summed E-state index contributed by atoms with van der Waals surface area (Å²) in [5.74, 6) is 2.29. The van der Waals surface area contributed by atoms with Crippen LogP contribution in [-0.2, 0) is 4.74 Å². The van der Waals surface area contributed by atoms with E-state index in [2.05, 4.69) is 79.8 Å². The van der Waals surface area contributed by atoms with Crippen LogP contribution >= 0.6 is 0 Å². The van der Waals surface area contributed by atoms with Gasteiger partial charge in [0.15, 0.2) is 6.79 Å². The molecule has 1 atom stereocenters. The zero-order valence-corrected chi connectivity index (χ0v) is 20.2. The molecule has 0 aliphatic rings. The standard InChI is InChI=1S/C23H40O3Si/c1-17(2)12-11-13-18(3)20-15-21(25-16-24-8)19(4)14-22(20)26-27(9,10)23(5,6)7/h12,14-15,18H,11,13,16H2,1-10H3. The van der Waals surface area contributed by atoms with E-state index in [1.54, 1.807) is 7.11 Å². The molecule has 0 aliphatic carbocycles. The Morgan fingerprint density at radius 3 is 2.30 bits per heavy atom. The van der Waals surface area contributed by atoms with Crippen molar-refractivity contribution in [2.45, 2.75) is 85.4 Å². The van der Waals surface area contributed by atoms with E-state index >= 15 is 0 Å². The fourth-order valence-electron chi connectivity index (χ4n) is 2.63. The monoisotopic (exact) mass is 392 g/mol. The van der Waals surface area contributed by atoms with Gasteiger partial charge in [-0.05, 0) is 80.9 Å². The Hall–Kier alpha value is -1.26. The van der Waals surface area contributed by atoms with E-state index in [9.17, 15) is 0 Å². The zero-order chi connectivity index (χ0) is 20.8. The number of hydrogen-bond acceptors (Lipinski definition) is 3. The first-order valence-corrected chi connectivity index (χ1v) is 12.9. The van der Waals surface area contributed by atoms with Crippen LogP contribution < -0.4 is 9.16 Å². The van der Waals surface area contributed by atoms with Gasteiger partial charge in [-0.1, -0.05) is 39.3 Å². The third-order valence-corrected chi connectivity index (χ3v) is 9.84. The third kappa shape index (κ3) is 7.00. The first-order chi connectivity index (χ1) is 12.4. The van der Waals surface area contributed by atoms with Gasteiger partial charge in [0.1, 0.15) is 11.5 Å². The fraction of sp³-hybridized carbons (Fsp3) is 0.652. The lowest BCUT2D eigenvalue weighted by molar-refractivity contribution is 0.0505. The SMILES string of the molecule is COCOc1cc(C(C)CCC=C(C)C)c(O[Si](C)(C)C(C)(C)C)cc1C. The van der Waals surface area contributed by atoms with Gasteiger partial charge in [0.25, 0.3) is 0 Å². The van der Waals surface area contributed by atoms with Gasteiger partial charge < -0.3 is 13.9 Å². The topological polar surface area (TPSA) is 27.7 Å². The lowest BCUT2D eigenvalue weighted by atomic mass is 9.93. The molecule has 4 heteroatoms. The number of allylic oxidation sites excluding steroid dienone is 2. The summed E-state index contributed by atoms with van der Waals surface area (Å²) in [5.41, 5.74) is 3.69. The normalized spacial score (nSPS) is 13.3. The van der Waals surface area contributed by atoms with E-state index < -0.39 is 8.32 Å². The van der Waals surface area contributed by atoms with E-state index in [4.69, 9.17) is 13.9 Å². The van der Waals surface area contributed by atoms with Crippen LogP contribution in [0.5, 0.6) is 11.5 Å². The molecule has 0 bridgehead atoms. The highest BCUT2D eigenvalue weighted by atomic mass is 28.4. The molecule has 27 heavy (non-hydrogen) atoms. The Bertz CT molecular complexity index is 638. The lowest BCUT2D eigenvalue weighted by Gasteiger charge is -2.37. The van der Waals surface area contributed by atoms with Gasteiger partial charge in [-0.25, -0.2) is 0 Å². The van der Waals surface area contributed by atoms with Crippen molar-refractivity contribution in [1.82, 2.24) is 0 Å². The maximum absolute atomic E-state index is 6.72. The molecule has 1 rings (SSSR count). The summed E-state index contributed by atoms with van der Waals surface area (Å²) in [6, 6.07) is 4.31. The number of methoxy groups -OCH3 is 1. The number of aryl methyl sites for hydroxylation is 1. The van der Waals surface area contributed by atoms with Gasteiger partial charge >= 0.3 is 0 Å². The molecule has 0 N–H and O–H groups in total. The molecule has 1 aromatic rings. The van der Waals surface area contributed by atoms with Crippen molar-refractivity contribution in [1.29, 1.82) is 0 Å². The van der Waals surface area contributed by atoms with Gasteiger partial charge in [0, 0.05) is 7.11 Å². The quantitative estimate of drug-likeness (QED) is 0.252. The molecule has 0 aliphatic heterocycles. The van der Waals surface area contributed by atoms with Crippen LogP contribution in [0, 0.1) is 6.92 Å². The van der Waals surface area contributed by atoms with E-state index in [0.29, 0.717) is 5.92 Å². The summed E-state index contributed by atoms with van der Waals surface area (Å²) >= 11 is 0. The largest absolute Gasteiger partial charge is 0.543 e. The summed E-state index contributed by atoms with van der Waals surface area (Å²) < 4.78 is 17.6. The minimum Gasteiger partial charge on any atom is -0.543 e. The third-order valence-electron chi connectivity index (χ3n) is 5.49. The van der Waals surface area contributed by atoms with E-state index in [1.807, 2.05) is 0 Å². The molecular formula is C23H40O3Si. The molecule has 0 spiro atoms. The molecule has 0 amide bonds. The van der Waals surface area contributed by atoms with Crippen molar-refractivity contribution in [2.75, 3.05) is 13.9 Å². The van der Waals surface area contributed by atoms with Crippen molar-refractivity contribution in [3.8, 4) is 11.5 Å². The minimum absolute atomic E-state index is 0.161. The van der Waals surface area contributed by atoms with E-state index in [0.717, 1.165) is 29.9 Å². The molecular weight excluding hydrogens is 352 g/mol. The highest BCUT2D eigenvalue weighted by molar-refractivity contribution is 6.74. The van der Waals surface area contributed by atoms with Gasteiger partial charge in [-0.3, -0.25) is 0 Å². The molecule has 0 radical (unpaired) electrons. The molecule has 1 aromatic carbocycles. The Labute approximate surface area is 168 Å². The van der Waals surface area contributed by atoms with Gasteiger partial charge in [0.2, 0.25) is 8.32 Å². The van der Waals surface area contributed by atoms with E-state index in [1.165, 1.54) is 11.1 Å². The molecule has 1 unspecified atom stereocenters. The second-order valence-corrected chi connectivity index (χ2v) is 14.1. The van der Waals surface area contributed by atoms with Crippen LogP contribution in [0.15, 0.2) is 23.8 Å². The van der Waals surface area contributed by atoms with Gasteiger partial charge in [-0.2, -0.15) is 0 Å². The maximum Gasteiger partial charge on any atom is 0.250 e. The van der Waals surface area contributed by atoms with Gasteiger partial charge in [0.05, 0.1) is 0 Å². The Kier molecular flexibility index (Phi) is 8.62. The summed E-state index contributed by atoms with van der Waals surface area (Å²) in [4.78, 5) is 0. The van der Waals surface area contributed by atoms with Crippen molar-refractivity contribution in [3.05, 3.63) is 34.9 Å². The fourth-order valence-corrected chi connectivity index (χ4v) is 3.67. The predicted molar refractivity (Wildman–Crippen MR) is 119 cm³/mol. The van der Waals surface area contributed by atoms with Crippen LogP contribution in [-0.4, -0.2) is 22.2 Å². The molecule has 0 saturated heterocycles. The van der Waals surface area contributed by atoms with Crippen molar-refractivity contribution in [2.24, 2.45) is 0 Å². The second kappa shape index (κ2) is 9.79. The zero-order valence-electron chi connectivity index (χ0n) is 19.2. The van der Waals surface area contributed by atoms with Crippen LogP contribution in [0.3, 0.4) is 0 Å². The average molecular weight is 393 g/mol. The minimum atomic E-state index is -1.92. The van der Waals surface area contributed by atoms with Crippen molar-refractivity contribution >= 4 is 8.32 Å². The first kappa shape index (κ1) is 23.8. The highest BCUT2D eigenvalue weighted by Crippen LogP contribution is 2.42. The average Bonchev–Trinajstić information content (AvgIpc) is 2.52. The molecule has 3 nitrogen and oxygen atoms in total. The van der Waals surface area contributed by atoms with Crippen LogP contribution in [0.2, 0.25) is 18.1 Å². The number of rotatable bonds is 9. The lowest BCUT2D eigenvalue weighted by Crippen LogP contribution is -2.44. The molecule has 0 heterocycles.